The van der Waals surface area contributed by atoms with E-state index >= 15 is 0 Å². The molecule has 2 aromatic carbocycles. The van der Waals surface area contributed by atoms with E-state index in [9.17, 15) is 36.1 Å². The molecule has 0 bridgehead atoms. The van der Waals surface area contributed by atoms with Crippen molar-refractivity contribution in [1.29, 1.82) is 0 Å². The molecule has 0 aliphatic heterocycles. The standard InChI is InChI=1S/C18H14F4N4O4S/c1-25-9-8-23-17(25)16(11-2-4-12(19)5-3-11)24-14-7-6-13(10-15(14)26(27)28)31(29,30)18(20,21)22/h2-10,16,24H,1H3/t16-/m0/s1. The van der Waals surface area contributed by atoms with Crippen LogP contribution in [0.1, 0.15) is 17.4 Å². The van der Waals surface area contributed by atoms with Gasteiger partial charge in [-0.3, -0.25) is 10.1 Å². The highest BCUT2D eigenvalue weighted by Gasteiger charge is 2.47. The normalized spacial score (nSPS) is 13.1. The molecule has 3 rings (SSSR count). The number of aromatic nitrogens is 2. The van der Waals surface area contributed by atoms with E-state index < -0.39 is 42.7 Å². The van der Waals surface area contributed by atoms with Crippen molar-refractivity contribution in [3.8, 4) is 0 Å². The summed E-state index contributed by atoms with van der Waals surface area (Å²) >= 11 is 0. The molecule has 13 heteroatoms. The van der Waals surface area contributed by atoms with Crippen LogP contribution in [-0.4, -0.2) is 28.4 Å². The van der Waals surface area contributed by atoms with Gasteiger partial charge in [0.05, 0.1) is 9.82 Å². The Kier molecular flexibility index (Phi) is 5.72. The van der Waals surface area contributed by atoms with Crippen molar-refractivity contribution in [3.63, 3.8) is 0 Å². The summed E-state index contributed by atoms with van der Waals surface area (Å²) in [4.78, 5) is 13.4. The van der Waals surface area contributed by atoms with Crippen molar-refractivity contribution >= 4 is 21.2 Å². The van der Waals surface area contributed by atoms with Crippen LogP contribution in [0.4, 0.5) is 28.9 Å². The molecule has 8 nitrogen and oxygen atoms in total. The number of hydrogen-bond acceptors (Lipinski definition) is 6. The van der Waals surface area contributed by atoms with E-state index in [0.717, 1.165) is 6.07 Å². The number of rotatable bonds is 6. The van der Waals surface area contributed by atoms with E-state index in [4.69, 9.17) is 0 Å². The number of sulfone groups is 1. The van der Waals surface area contributed by atoms with E-state index in [1.165, 1.54) is 30.5 Å². The number of nitrogens with one attached hydrogen (secondary N) is 1. The van der Waals surface area contributed by atoms with E-state index in [1.807, 2.05) is 0 Å². The molecule has 164 valence electrons. The largest absolute Gasteiger partial charge is 0.501 e. The Morgan fingerprint density at radius 3 is 2.32 bits per heavy atom. The van der Waals surface area contributed by atoms with Gasteiger partial charge in [0.1, 0.15) is 23.4 Å². The van der Waals surface area contributed by atoms with Gasteiger partial charge in [0.15, 0.2) is 0 Å². The first-order valence-electron chi connectivity index (χ1n) is 8.51. The summed E-state index contributed by atoms with van der Waals surface area (Å²) in [5, 5.41) is 14.3. The highest BCUT2D eigenvalue weighted by Crippen LogP contribution is 2.36. The summed E-state index contributed by atoms with van der Waals surface area (Å²) in [6.07, 6.45) is 3.06. The Labute approximate surface area is 173 Å². The van der Waals surface area contributed by atoms with Crippen molar-refractivity contribution < 1.29 is 30.9 Å². The Morgan fingerprint density at radius 2 is 1.81 bits per heavy atom. The molecule has 0 saturated carbocycles. The second-order valence-electron chi connectivity index (χ2n) is 6.41. The van der Waals surface area contributed by atoms with Crippen molar-refractivity contribution in [2.24, 2.45) is 7.05 Å². The van der Waals surface area contributed by atoms with Crippen LogP contribution in [0.15, 0.2) is 59.8 Å². The lowest BCUT2D eigenvalue weighted by Crippen LogP contribution is -2.23. The first-order valence-corrected chi connectivity index (χ1v) is 9.99. The monoisotopic (exact) mass is 458 g/mol. The van der Waals surface area contributed by atoms with Crippen molar-refractivity contribution in [3.05, 3.63) is 82.2 Å². The van der Waals surface area contributed by atoms with Crippen molar-refractivity contribution in [2.75, 3.05) is 5.32 Å². The molecule has 0 spiro atoms. The SMILES string of the molecule is Cn1ccnc1[C@@H](Nc1ccc(S(=O)(=O)C(F)(F)F)cc1[N+](=O)[O-])c1ccc(F)cc1. The van der Waals surface area contributed by atoms with Crippen LogP contribution in [-0.2, 0) is 16.9 Å². The Hall–Kier alpha value is -3.48. The summed E-state index contributed by atoms with van der Waals surface area (Å²) in [6, 6.07) is 6.14. The van der Waals surface area contributed by atoms with Gasteiger partial charge >= 0.3 is 5.51 Å². The minimum Gasteiger partial charge on any atom is -0.366 e. The fourth-order valence-corrected chi connectivity index (χ4v) is 3.63. The van der Waals surface area contributed by atoms with Crippen molar-refractivity contribution in [2.45, 2.75) is 16.4 Å². The fourth-order valence-electron chi connectivity index (χ4n) is 2.85. The number of hydrogen-bond donors (Lipinski definition) is 1. The first-order chi connectivity index (χ1) is 14.4. The highest BCUT2D eigenvalue weighted by atomic mass is 32.2. The first kappa shape index (κ1) is 22.2. The Bertz CT molecular complexity index is 1220. The Morgan fingerprint density at radius 1 is 1.16 bits per heavy atom. The maximum absolute atomic E-state index is 13.3. The highest BCUT2D eigenvalue weighted by molar-refractivity contribution is 7.92. The van der Waals surface area contributed by atoms with Crippen LogP contribution >= 0.6 is 0 Å². The third-order valence-corrected chi connectivity index (χ3v) is 5.88. The van der Waals surface area contributed by atoms with Crippen LogP contribution in [0, 0.1) is 15.9 Å². The van der Waals surface area contributed by atoms with Gasteiger partial charge in [0, 0.05) is 25.5 Å². The van der Waals surface area contributed by atoms with Crippen LogP contribution in [0.3, 0.4) is 0 Å². The predicted octanol–water partition coefficient (Wildman–Crippen LogP) is 3.96. The zero-order valence-electron chi connectivity index (χ0n) is 15.7. The number of nitrogens with zero attached hydrogens (tertiary/aromatic N) is 3. The van der Waals surface area contributed by atoms with Gasteiger partial charge < -0.3 is 9.88 Å². The minimum absolute atomic E-state index is 0.247. The molecular formula is C18H14F4N4O4S. The van der Waals surface area contributed by atoms with E-state index in [0.29, 0.717) is 23.5 Å². The van der Waals surface area contributed by atoms with Gasteiger partial charge in [-0.15, -0.1) is 0 Å². The van der Waals surface area contributed by atoms with E-state index in [-0.39, 0.29) is 5.69 Å². The predicted molar refractivity (Wildman–Crippen MR) is 101 cm³/mol. The lowest BCUT2D eigenvalue weighted by molar-refractivity contribution is -0.384. The third kappa shape index (κ3) is 4.35. The Balaban J connectivity index is 2.10. The number of halogens is 4. The summed E-state index contributed by atoms with van der Waals surface area (Å²) < 4.78 is 76.7. The molecule has 1 heterocycles. The number of alkyl halides is 3. The maximum Gasteiger partial charge on any atom is 0.501 e. The molecule has 0 saturated heterocycles. The van der Waals surface area contributed by atoms with E-state index in [1.54, 1.807) is 17.8 Å². The smallest absolute Gasteiger partial charge is 0.366 e. The summed E-state index contributed by atoms with van der Waals surface area (Å²) in [7, 11) is -4.13. The third-order valence-electron chi connectivity index (χ3n) is 4.40. The van der Waals surface area contributed by atoms with Crippen molar-refractivity contribution in [1.82, 2.24) is 9.55 Å². The number of aryl methyl sites for hydroxylation is 1. The molecule has 0 radical (unpaired) electrons. The second kappa shape index (κ2) is 7.98. The fraction of sp³-hybridized carbons (Fsp3) is 0.167. The molecule has 0 aliphatic carbocycles. The number of nitro groups is 1. The average Bonchev–Trinajstić information content (AvgIpc) is 3.11. The molecule has 1 N–H and O–H groups in total. The summed E-state index contributed by atoms with van der Waals surface area (Å²) in [5.41, 5.74) is -6.29. The molecule has 0 fully saturated rings. The summed E-state index contributed by atoms with van der Waals surface area (Å²) in [6.45, 7) is 0. The molecule has 0 aliphatic rings. The van der Waals surface area contributed by atoms with Gasteiger partial charge in [-0.1, -0.05) is 12.1 Å². The van der Waals surface area contributed by atoms with Crippen LogP contribution < -0.4 is 5.32 Å². The van der Waals surface area contributed by atoms with Crippen LogP contribution in [0.2, 0.25) is 0 Å². The number of nitro benzene ring substituents is 1. The molecule has 31 heavy (non-hydrogen) atoms. The lowest BCUT2D eigenvalue weighted by atomic mass is 10.1. The number of anilines is 1. The topological polar surface area (TPSA) is 107 Å². The zero-order chi connectivity index (χ0) is 23.0. The molecular weight excluding hydrogens is 444 g/mol. The van der Waals surface area contributed by atoms with Gasteiger partial charge in [0.25, 0.3) is 15.5 Å². The molecule has 1 atom stereocenters. The lowest BCUT2D eigenvalue weighted by Gasteiger charge is -2.20. The molecule has 0 unspecified atom stereocenters. The minimum atomic E-state index is -5.77. The van der Waals surface area contributed by atoms with Gasteiger partial charge in [-0.25, -0.2) is 17.8 Å². The molecule has 1 aromatic heterocycles. The zero-order valence-corrected chi connectivity index (χ0v) is 16.5. The maximum atomic E-state index is 13.3. The second-order valence-corrected chi connectivity index (χ2v) is 8.35. The van der Waals surface area contributed by atoms with Gasteiger partial charge in [-0.05, 0) is 29.8 Å². The van der Waals surface area contributed by atoms with Gasteiger partial charge in [0.2, 0.25) is 0 Å². The summed E-state index contributed by atoms with van der Waals surface area (Å²) in [5.74, 6) is -0.150. The van der Waals surface area contributed by atoms with E-state index in [2.05, 4.69) is 10.3 Å². The van der Waals surface area contributed by atoms with Crippen LogP contribution in [0.25, 0.3) is 0 Å². The quantitative estimate of drug-likeness (QED) is 0.340. The van der Waals surface area contributed by atoms with Gasteiger partial charge in [-0.2, -0.15) is 13.2 Å². The molecule has 3 aromatic rings. The van der Waals surface area contributed by atoms with Crippen LogP contribution in [0.5, 0.6) is 0 Å². The molecule has 0 amide bonds. The average molecular weight is 458 g/mol. The number of benzene rings is 2. The number of imidazole rings is 1.